The van der Waals surface area contributed by atoms with Gasteiger partial charge in [0.25, 0.3) is 11.8 Å². The van der Waals surface area contributed by atoms with Gasteiger partial charge in [0, 0.05) is 24.7 Å². The lowest BCUT2D eigenvalue weighted by Crippen LogP contribution is -2.46. The number of furan rings is 1. The molecule has 2 heterocycles. The van der Waals surface area contributed by atoms with Crippen molar-refractivity contribution in [1.29, 1.82) is 0 Å². The van der Waals surface area contributed by atoms with Gasteiger partial charge in [-0.2, -0.15) is 0 Å². The zero-order valence-corrected chi connectivity index (χ0v) is 17.3. The third kappa shape index (κ3) is 5.03. The van der Waals surface area contributed by atoms with Gasteiger partial charge in [0.2, 0.25) is 0 Å². The third-order valence-electron chi connectivity index (χ3n) is 4.83. The Morgan fingerprint density at radius 1 is 1.28 bits per heavy atom. The predicted octanol–water partition coefficient (Wildman–Crippen LogP) is 3.77. The molecule has 1 fully saturated rings. The first-order chi connectivity index (χ1) is 14.0. The maximum atomic E-state index is 12.7. The number of hydrogen-bond donors (Lipinski definition) is 1. The zero-order chi connectivity index (χ0) is 20.8. The van der Waals surface area contributed by atoms with Crippen molar-refractivity contribution in [2.24, 2.45) is 0 Å². The zero-order valence-electron chi connectivity index (χ0n) is 16.6. The van der Waals surface area contributed by atoms with Crippen molar-refractivity contribution >= 4 is 23.4 Å². The highest BCUT2D eigenvalue weighted by Gasteiger charge is 2.26. The molecule has 1 aromatic carbocycles. The molecule has 0 unspecified atom stereocenters. The van der Waals surface area contributed by atoms with Crippen molar-refractivity contribution < 1.29 is 23.5 Å². The van der Waals surface area contributed by atoms with Gasteiger partial charge in [-0.15, -0.1) is 0 Å². The number of ether oxygens (including phenoxy) is 2. The maximum absolute atomic E-state index is 12.7. The molecule has 2 aromatic rings. The highest BCUT2D eigenvalue weighted by atomic mass is 35.5. The highest BCUT2D eigenvalue weighted by molar-refractivity contribution is 6.32. The summed E-state index contributed by atoms with van der Waals surface area (Å²) in [6.07, 6.45) is 5.12. The van der Waals surface area contributed by atoms with E-state index in [9.17, 15) is 9.59 Å². The Balaban J connectivity index is 1.59. The Labute approximate surface area is 174 Å². The summed E-state index contributed by atoms with van der Waals surface area (Å²) in [5, 5.41) is 3.36. The molecule has 0 saturated carbocycles. The lowest BCUT2D eigenvalue weighted by molar-refractivity contribution is 0.0697. The van der Waals surface area contributed by atoms with Gasteiger partial charge in [-0.3, -0.25) is 9.59 Å². The fourth-order valence-electron chi connectivity index (χ4n) is 3.26. The molecule has 1 saturated heterocycles. The first-order valence-corrected chi connectivity index (χ1v) is 10.0. The molecule has 2 amide bonds. The first kappa shape index (κ1) is 21.0. The van der Waals surface area contributed by atoms with Gasteiger partial charge in [0.15, 0.2) is 11.5 Å². The van der Waals surface area contributed by atoms with E-state index in [1.807, 2.05) is 6.92 Å². The number of amides is 2. The van der Waals surface area contributed by atoms with Crippen molar-refractivity contribution in [3.63, 3.8) is 0 Å². The van der Waals surface area contributed by atoms with Crippen LogP contribution in [-0.4, -0.2) is 49.6 Å². The van der Waals surface area contributed by atoms with Crippen LogP contribution in [0, 0.1) is 0 Å². The molecule has 8 heteroatoms. The number of piperidine rings is 1. The Morgan fingerprint density at radius 3 is 2.66 bits per heavy atom. The number of nitrogens with zero attached hydrogens (tertiary/aromatic N) is 1. The normalized spacial score (nSPS) is 14.5. The van der Waals surface area contributed by atoms with Crippen LogP contribution >= 0.6 is 11.6 Å². The molecule has 3 rings (SSSR count). The molecule has 0 radical (unpaired) electrons. The number of benzene rings is 1. The SMILES string of the molecule is CCCOc1c(Cl)cc(C(=O)NC2CCN(C(=O)c3ccoc3)CC2)cc1OC. The van der Waals surface area contributed by atoms with Crippen LogP contribution in [0.1, 0.15) is 46.9 Å². The lowest BCUT2D eigenvalue weighted by Gasteiger charge is -2.32. The fraction of sp³-hybridized carbons (Fsp3) is 0.429. The number of carbonyl (C=O) groups is 2. The van der Waals surface area contributed by atoms with E-state index in [1.54, 1.807) is 23.1 Å². The Bertz CT molecular complexity index is 845. The minimum Gasteiger partial charge on any atom is -0.493 e. The second-order valence-electron chi connectivity index (χ2n) is 6.89. The van der Waals surface area contributed by atoms with Crippen LogP contribution in [0.5, 0.6) is 11.5 Å². The number of nitrogens with one attached hydrogen (secondary N) is 1. The first-order valence-electron chi connectivity index (χ1n) is 9.66. The van der Waals surface area contributed by atoms with Crippen LogP contribution in [0.25, 0.3) is 0 Å². The molecule has 1 aliphatic heterocycles. The number of likely N-dealkylation sites (tertiary alicyclic amines) is 1. The number of methoxy groups -OCH3 is 1. The number of carbonyl (C=O) groups excluding carboxylic acids is 2. The topological polar surface area (TPSA) is 81.0 Å². The predicted molar refractivity (Wildman–Crippen MR) is 109 cm³/mol. The third-order valence-corrected chi connectivity index (χ3v) is 5.11. The summed E-state index contributed by atoms with van der Waals surface area (Å²) >= 11 is 6.30. The Kier molecular flexibility index (Phi) is 7.04. The molecule has 1 aromatic heterocycles. The summed E-state index contributed by atoms with van der Waals surface area (Å²) < 4.78 is 15.9. The van der Waals surface area contributed by atoms with E-state index in [2.05, 4.69) is 5.32 Å². The molecule has 1 aliphatic rings. The van der Waals surface area contributed by atoms with Gasteiger partial charge < -0.3 is 24.1 Å². The van der Waals surface area contributed by atoms with E-state index in [1.165, 1.54) is 19.6 Å². The summed E-state index contributed by atoms with van der Waals surface area (Å²) in [4.78, 5) is 26.8. The van der Waals surface area contributed by atoms with E-state index in [0.717, 1.165) is 6.42 Å². The van der Waals surface area contributed by atoms with E-state index in [0.29, 0.717) is 60.2 Å². The summed E-state index contributed by atoms with van der Waals surface area (Å²) in [5.41, 5.74) is 0.951. The molecule has 0 aliphatic carbocycles. The Morgan fingerprint density at radius 2 is 2.03 bits per heavy atom. The molecule has 0 spiro atoms. The van der Waals surface area contributed by atoms with E-state index < -0.39 is 0 Å². The van der Waals surface area contributed by atoms with Crippen molar-refractivity contribution in [2.45, 2.75) is 32.2 Å². The molecular formula is C21H25ClN2O5. The van der Waals surface area contributed by atoms with Gasteiger partial charge >= 0.3 is 0 Å². The smallest absolute Gasteiger partial charge is 0.257 e. The quantitative estimate of drug-likeness (QED) is 0.737. The van der Waals surface area contributed by atoms with E-state index >= 15 is 0 Å². The van der Waals surface area contributed by atoms with Crippen LogP contribution < -0.4 is 14.8 Å². The summed E-state index contributed by atoms with van der Waals surface area (Å²) in [6.45, 7) is 3.65. The second-order valence-corrected chi connectivity index (χ2v) is 7.30. The van der Waals surface area contributed by atoms with Crippen molar-refractivity contribution in [2.75, 3.05) is 26.8 Å². The summed E-state index contributed by atoms with van der Waals surface area (Å²) in [6, 6.07) is 4.85. The molecule has 29 heavy (non-hydrogen) atoms. The molecule has 0 bridgehead atoms. The van der Waals surface area contributed by atoms with E-state index in [-0.39, 0.29) is 17.9 Å². The average Bonchev–Trinajstić information content (AvgIpc) is 3.27. The molecular weight excluding hydrogens is 396 g/mol. The van der Waals surface area contributed by atoms with Crippen LogP contribution in [0.15, 0.2) is 35.1 Å². The summed E-state index contributed by atoms with van der Waals surface area (Å²) in [5.74, 6) is 0.588. The average molecular weight is 421 g/mol. The molecule has 7 nitrogen and oxygen atoms in total. The number of halogens is 1. The maximum Gasteiger partial charge on any atom is 0.257 e. The number of hydrogen-bond acceptors (Lipinski definition) is 5. The van der Waals surface area contributed by atoms with Crippen LogP contribution in [0.3, 0.4) is 0 Å². The number of rotatable bonds is 7. The second kappa shape index (κ2) is 9.69. The van der Waals surface area contributed by atoms with Crippen molar-refractivity contribution in [3.8, 4) is 11.5 Å². The lowest BCUT2D eigenvalue weighted by atomic mass is 10.0. The monoisotopic (exact) mass is 420 g/mol. The van der Waals surface area contributed by atoms with Gasteiger partial charge in [0.1, 0.15) is 6.26 Å². The Hall–Kier alpha value is -2.67. The highest BCUT2D eigenvalue weighted by Crippen LogP contribution is 2.36. The minimum absolute atomic E-state index is 0.0170. The van der Waals surface area contributed by atoms with Gasteiger partial charge in [-0.25, -0.2) is 0 Å². The van der Waals surface area contributed by atoms with E-state index in [4.69, 9.17) is 25.5 Å². The van der Waals surface area contributed by atoms with Crippen LogP contribution in [0.2, 0.25) is 5.02 Å². The van der Waals surface area contributed by atoms with Crippen LogP contribution in [0.4, 0.5) is 0 Å². The largest absolute Gasteiger partial charge is 0.493 e. The van der Waals surface area contributed by atoms with Crippen molar-refractivity contribution in [3.05, 3.63) is 46.9 Å². The van der Waals surface area contributed by atoms with Gasteiger partial charge in [-0.1, -0.05) is 18.5 Å². The van der Waals surface area contributed by atoms with Gasteiger partial charge in [0.05, 0.1) is 30.6 Å². The summed E-state index contributed by atoms with van der Waals surface area (Å²) in [7, 11) is 1.51. The fourth-order valence-corrected chi connectivity index (χ4v) is 3.52. The van der Waals surface area contributed by atoms with Crippen molar-refractivity contribution in [1.82, 2.24) is 10.2 Å². The minimum atomic E-state index is -0.230. The van der Waals surface area contributed by atoms with Gasteiger partial charge in [-0.05, 0) is 37.5 Å². The molecule has 156 valence electrons. The van der Waals surface area contributed by atoms with Crippen LogP contribution in [-0.2, 0) is 0 Å². The molecule has 1 N–H and O–H groups in total. The standard InChI is InChI=1S/C21H25ClN2O5/c1-3-9-29-19-17(22)11-15(12-18(19)27-2)20(25)23-16-4-7-24(8-5-16)21(26)14-6-10-28-13-14/h6,10-13,16H,3-5,7-9H2,1-2H3,(H,23,25). The molecule has 0 atom stereocenters.